The molecular weight excluding hydrogens is 384 g/mol. The Morgan fingerprint density at radius 3 is 2.63 bits per heavy atom. The Morgan fingerprint density at radius 2 is 2.00 bits per heavy atom. The van der Waals surface area contributed by atoms with Gasteiger partial charge in [0.25, 0.3) is 0 Å². The predicted octanol–water partition coefficient (Wildman–Crippen LogP) is 3.07. The first-order valence-electron chi connectivity index (χ1n) is 7.29. The first-order chi connectivity index (χ1) is 12.5. The molecule has 3 heterocycles. The fourth-order valence-electron chi connectivity index (χ4n) is 2.44. The van der Waals surface area contributed by atoms with E-state index in [0.717, 1.165) is 24.5 Å². The summed E-state index contributed by atoms with van der Waals surface area (Å²) in [4.78, 5) is 15.6. The summed E-state index contributed by atoms with van der Waals surface area (Å²) in [6.07, 6.45) is -5.32. The normalized spacial score (nSPS) is 14.7. The van der Waals surface area contributed by atoms with Gasteiger partial charge in [-0.3, -0.25) is 10.1 Å². The van der Waals surface area contributed by atoms with Crippen molar-refractivity contribution >= 4 is 11.8 Å². The van der Waals surface area contributed by atoms with Crippen LogP contribution in [-0.4, -0.2) is 34.9 Å². The van der Waals surface area contributed by atoms with E-state index >= 15 is 0 Å². The number of fused-ring (bicyclic) bond motifs is 1. The summed E-state index contributed by atoms with van der Waals surface area (Å²) < 4.78 is 83.0. The van der Waals surface area contributed by atoms with Gasteiger partial charge in [0, 0.05) is 16.4 Å². The minimum atomic E-state index is -5.87. The van der Waals surface area contributed by atoms with E-state index in [4.69, 9.17) is 0 Å². The van der Waals surface area contributed by atoms with Gasteiger partial charge in [-0.15, -0.1) is 0 Å². The number of carbonyl (C=O) groups is 1. The van der Waals surface area contributed by atoms with Crippen molar-refractivity contribution < 1.29 is 45.8 Å². The third kappa shape index (κ3) is 3.34. The van der Waals surface area contributed by atoms with E-state index in [2.05, 4.69) is 9.72 Å². The molecule has 144 valence electrons. The quantitative estimate of drug-likeness (QED) is 0.494. The fraction of sp³-hybridized carbons (Fsp3) is 0.267. The molecule has 0 unspecified atom stereocenters. The molecule has 0 aliphatic carbocycles. The molecule has 2 aromatic rings. The van der Waals surface area contributed by atoms with E-state index in [1.54, 1.807) is 0 Å². The lowest BCUT2D eigenvalue weighted by atomic mass is 10.1. The highest BCUT2D eigenvalue weighted by Crippen LogP contribution is 2.39. The number of nitrogens with zero attached hydrogens (tertiary/aromatic N) is 3. The number of halogens is 6. The average Bonchev–Trinajstić information content (AvgIpc) is 2.56. The maximum atomic E-state index is 13.9. The SMILES string of the molecule is O=C1OCc2cc(-c3c(F)ccc[n+]3O)ncc2N1CC(F)(F)C(F)(F)F. The van der Waals surface area contributed by atoms with E-state index in [9.17, 15) is 36.3 Å². The monoisotopic (exact) mass is 394 g/mol. The molecule has 0 radical (unpaired) electrons. The summed E-state index contributed by atoms with van der Waals surface area (Å²) in [6.45, 7) is -2.44. The maximum absolute atomic E-state index is 13.9. The Kier molecular flexibility index (Phi) is 4.36. The molecule has 0 saturated heterocycles. The number of amides is 1. The zero-order valence-corrected chi connectivity index (χ0v) is 13.2. The number of rotatable bonds is 3. The van der Waals surface area contributed by atoms with Gasteiger partial charge in [0.05, 0.1) is 11.9 Å². The molecule has 3 rings (SSSR count). The molecule has 0 saturated carbocycles. The molecule has 1 aliphatic heterocycles. The molecule has 0 fully saturated rings. The van der Waals surface area contributed by atoms with Crippen LogP contribution in [0.15, 0.2) is 30.6 Å². The fourth-order valence-corrected chi connectivity index (χ4v) is 2.44. The molecule has 0 atom stereocenters. The highest BCUT2D eigenvalue weighted by Gasteiger charge is 2.59. The molecule has 27 heavy (non-hydrogen) atoms. The van der Waals surface area contributed by atoms with Crippen LogP contribution < -0.4 is 9.63 Å². The number of aromatic nitrogens is 2. The molecule has 1 N–H and O–H groups in total. The van der Waals surface area contributed by atoms with Crippen LogP contribution >= 0.6 is 0 Å². The first-order valence-corrected chi connectivity index (χ1v) is 7.29. The Bertz CT molecular complexity index is 883. The van der Waals surface area contributed by atoms with Gasteiger partial charge in [-0.25, -0.2) is 9.78 Å². The topological polar surface area (TPSA) is 66.5 Å². The van der Waals surface area contributed by atoms with Crippen molar-refractivity contribution in [1.29, 1.82) is 0 Å². The number of ether oxygens (including phenoxy) is 1. The molecule has 0 bridgehead atoms. The molecule has 6 nitrogen and oxygen atoms in total. The summed E-state index contributed by atoms with van der Waals surface area (Å²) in [5, 5.41) is 9.70. The van der Waals surface area contributed by atoms with Gasteiger partial charge in [-0.2, -0.15) is 26.3 Å². The number of carbonyl (C=O) groups excluding carboxylic acids is 1. The summed E-state index contributed by atoms with van der Waals surface area (Å²) in [6, 6.07) is 3.35. The standard InChI is InChI=1S/C15H10F6N3O3/c16-9-2-1-3-24(26)12(9)10-4-8-6-27-13(25)23(11(8)5-22-10)7-14(17,18)15(19,20)21/h1-5,26H,6-7H2/q+1. The second kappa shape index (κ2) is 6.28. The van der Waals surface area contributed by atoms with Crippen LogP contribution in [0.3, 0.4) is 0 Å². The van der Waals surface area contributed by atoms with Crippen LogP contribution in [0.1, 0.15) is 5.56 Å². The smallest absolute Gasteiger partial charge is 0.444 e. The Balaban J connectivity index is 2.01. The van der Waals surface area contributed by atoms with Crippen molar-refractivity contribution in [3.05, 3.63) is 42.0 Å². The van der Waals surface area contributed by atoms with E-state index in [1.807, 2.05) is 0 Å². The number of hydrogen-bond donors (Lipinski definition) is 1. The minimum absolute atomic E-state index is 0.0147. The number of hydrogen-bond acceptors (Lipinski definition) is 4. The van der Waals surface area contributed by atoms with E-state index in [1.165, 1.54) is 6.07 Å². The zero-order valence-electron chi connectivity index (χ0n) is 13.2. The second-order valence-corrected chi connectivity index (χ2v) is 5.59. The summed E-state index contributed by atoms with van der Waals surface area (Å²) in [5.41, 5.74) is -0.834. The van der Waals surface area contributed by atoms with Crippen molar-refractivity contribution in [2.45, 2.75) is 18.7 Å². The van der Waals surface area contributed by atoms with Crippen LogP contribution in [0.4, 0.5) is 36.8 Å². The van der Waals surface area contributed by atoms with Gasteiger partial charge in [0.15, 0.2) is 0 Å². The first kappa shape index (κ1) is 18.7. The largest absolute Gasteiger partial charge is 0.455 e. The lowest BCUT2D eigenvalue weighted by Gasteiger charge is -2.32. The van der Waals surface area contributed by atoms with Crippen LogP contribution in [0.2, 0.25) is 0 Å². The number of alkyl halides is 5. The van der Waals surface area contributed by atoms with Gasteiger partial charge in [-0.1, -0.05) is 0 Å². The van der Waals surface area contributed by atoms with Crippen molar-refractivity contribution in [1.82, 2.24) is 4.98 Å². The highest BCUT2D eigenvalue weighted by molar-refractivity contribution is 5.90. The van der Waals surface area contributed by atoms with E-state index < -0.39 is 37.2 Å². The molecular formula is C15H10F6N3O3+. The van der Waals surface area contributed by atoms with Crippen molar-refractivity contribution in [3.8, 4) is 11.4 Å². The van der Waals surface area contributed by atoms with Crippen molar-refractivity contribution in [2.24, 2.45) is 0 Å². The minimum Gasteiger partial charge on any atom is -0.444 e. The van der Waals surface area contributed by atoms with Gasteiger partial charge < -0.3 is 4.74 Å². The van der Waals surface area contributed by atoms with Crippen LogP contribution in [0, 0.1) is 5.82 Å². The van der Waals surface area contributed by atoms with Crippen molar-refractivity contribution in [2.75, 3.05) is 11.4 Å². The second-order valence-electron chi connectivity index (χ2n) is 5.59. The highest BCUT2D eigenvalue weighted by atomic mass is 19.4. The Morgan fingerprint density at radius 1 is 1.30 bits per heavy atom. The number of anilines is 1. The lowest BCUT2D eigenvalue weighted by molar-refractivity contribution is -0.897. The number of pyridine rings is 2. The molecule has 2 aromatic heterocycles. The Labute approximate surface area is 147 Å². The molecule has 0 spiro atoms. The third-order valence-electron chi connectivity index (χ3n) is 3.77. The lowest BCUT2D eigenvalue weighted by Crippen LogP contribution is -2.50. The average molecular weight is 394 g/mol. The van der Waals surface area contributed by atoms with Gasteiger partial charge in [-0.05, 0) is 12.1 Å². The van der Waals surface area contributed by atoms with Gasteiger partial charge in [0.2, 0.25) is 12.0 Å². The van der Waals surface area contributed by atoms with Crippen LogP contribution in [-0.2, 0) is 11.3 Å². The molecule has 1 aliphatic rings. The maximum Gasteiger partial charge on any atom is 0.455 e. The summed E-state index contributed by atoms with van der Waals surface area (Å²) >= 11 is 0. The molecule has 0 aromatic carbocycles. The van der Waals surface area contributed by atoms with Crippen LogP contribution in [0.5, 0.6) is 0 Å². The third-order valence-corrected chi connectivity index (χ3v) is 3.77. The number of cyclic esters (lactones) is 1. The predicted molar refractivity (Wildman–Crippen MR) is 75.5 cm³/mol. The van der Waals surface area contributed by atoms with Crippen molar-refractivity contribution in [3.63, 3.8) is 0 Å². The zero-order chi connectivity index (χ0) is 20.0. The summed E-state index contributed by atoms with van der Waals surface area (Å²) in [7, 11) is 0. The molecule has 12 heteroatoms. The van der Waals surface area contributed by atoms with E-state index in [-0.39, 0.29) is 27.5 Å². The van der Waals surface area contributed by atoms with E-state index in [0.29, 0.717) is 4.73 Å². The van der Waals surface area contributed by atoms with Gasteiger partial charge in [0.1, 0.15) is 18.8 Å². The van der Waals surface area contributed by atoms with Gasteiger partial charge >= 0.3 is 23.9 Å². The summed E-state index contributed by atoms with van der Waals surface area (Å²) in [5.74, 6) is -6.04. The molecule has 1 amide bonds. The van der Waals surface area contributed by atoms with Crippen LogP contribution in [0.25, 0.3) is 11.4 Å². The Hall–Kier alpha value is -3.05.